The van der Waals surface area contributed by atoms with Crippen molar-refractivity contribution in [2.24, 2.45) is 5.92 Å². The molecular formula is C28H31N3O4S. The number of hydrogen-bond acceptors (Lipinski definition) is 5. The largest absolute Gasteiger partial charge is 0.379 e. The number of benzene rings is 2. The summed E-state index contributed by atoms with van der Waals surface area (Å²) in [4.78, 5) is 16.5. The maximum atomic E-state index is 13.8. The van der Waals surface area contributed by atoms with Crippen LogP contribution in [0.5, 0.6) is 0 Å². The number of morpholine rings is 1. The number of fused-ring (bicyclic) bond motifs is 4. The van der Waals surface area contributed by atoms with Crippen LogP contribution in [0.4, 0.5) is 0 Å². The van der Waals surface area contributed by atoms with Crippen molar-refractivity contribution in [1.82, 2.24) is 13.8 Å². The lowest BCUT2D eigenvalue weighted by atomic mass is 9.83. The topological polar surface area (TPSA) is 71.8 Å². The Morgan fingerprint density at radius 2 is 1.58 bits per heavy atom. The van der Waals surface area contributed by atoms with Crippen LogP contribution >= 0.6 is 0 Å². The predicted octanol–water partition coefficient (Wildman–Crippen LogP) is 3.16. The van der Waals surface area contributed by atoms with Gasteiger partial charge in [-0.3, -0.25) is 9.69 Å². The third kappa shape index (κ3) is 4.32. The Morgan fingerprint density at radius 3 is 2.39 bits per heavy atom. The third-order valence-corrected chi connectivity index (χ3v) is 9.60. The normalized spacial score (nSPS) is 22.8. The van der Waals surface area contributed by atoms with E-state index >= 15 is 0 Å². The summed E-state index contributed by atoms with van der Waals surface area (Å²) in [6.45, 7) is 5.44. The highest BCUT2D eigenvalue weighted by Gasteiger charge is 2.39. The van der Waals surface area contributed by atoms with Crippen molar-refractivity contribution in [3.05, 3.63) is 88.3 Å². The molecule has 6 rings (SSSR count). The van der Waals surface area contributed by atoms with Gasteiger partial charge in [-0.25, -0.2) is 8.42 Å². The van der Waals surface area contributed by atoms with Gasteiger partial charge >= 0.3 is 0 Å². The lowest BCUT2D eigenvalue weighted by Gasteiger charge is -2.42. The molecule has 0 N–H and O–H groups in total. The Balaban J connectivity index is 1.31. The van der Waals surface area contributed by atoms with Crippen LogP contribution in [-0.4, -0.2) is 61.6 Å². The number of aromatic nitrogens is 1. The van der Waals surface area contributed by atoms with Crippen LogP contribution in [0.15, 0.2) is 76.4 Å². The van der Waals surface area contributed by atoms with Crippen LogP contribution in [0.25, 0.3) is 11.1 Å². The fourth-order valence-electron chi connectivity index (χ4n) is 5.97. The molecule has 1 aromatic heterocycles. The minimum Gasteiger partial charge on any atom is -0.379 e. The van der Waals surface area contributed by atoms with Crippen molar-refractivity contribution in [3.63, 3.8) is 0 Å². The molecule has 0 radical (unpaired) electrons. The molecule has 3 aromatic rings. The summed E-state index contributed by atoms with van der Waals surface area (Å²) >= 11 is 0. The Labute approximate surface area is 212 Å². The molecule has 2 saturated heterocycles. The summed E-state index contributed by atoms with van der Waals surface area (Å²) in [6.07, 6.45) is 0.910. The molecule has 0 aliphatic carbocycles. The molecule has 2 atom stereocenters. The molecule has 0 amide bonds. The Bertz CT molecular complexity index is 1410. The number of pyridine rings is 1. The van der Waals surface area contributed by atoms with Gasteiger partial charge in [-0.2, -0.15) is 4.31 Å². The number of sulfonamides is 1. The summed E-state index contributed by atoms with van der Waals surface area (Å²) < 4.78 is 35.6. The highest BCUT2D eigenvalue weighted by atomic mass is 32.2. The van der Waals surface area contributed by atoms with Crippen LogP contribution in [0.2, 0.25) is 0 Å². The first-order chi connectivity index (χ1) is 17.5. The van der Waals surface area contributed by atoms with Crippen molar-refractivity contribution in [2.45, 2.75) is 30.3 Å². The minimum atomic E-state index is -3.56. The Morgan fingerprint density at radius 1 is 0.833 bits per heavy atom. The molecule has 2 fully saturated rings. The molecule has 2 aromatic carbocycles. The molecule has 2 bridgehead atoms. The molecule has 8 heteroatoms. The summed E-state index contributed by atoms with van der Waals surface area (Å²) in [5.41, 5.74) is 3.81. The highest BCUT2D eigenvalue weighted by Crippen LogP contribution is 2.38. The van der Waals surface area contributed by atoms with E-state index in [0.29, 0.717) is 24.5 Å². The van der Waals surface area contributed by atoms with Gasteiger partial charge in [-0.05, 0) is 47.7 Å². The van der Waals surface area contributed by atoms with Gasteiger partial charge in [0.2, 0.25) is 10.0 Å². The third-order valence-electron chi connectivity index (χ3n) is 7.76. The number of piperidine rings is 1. The highest BCUT2D eigenvalue weighted by molar-refractivity contribution is 7.89. The van der Waals surface area contributed by atoms with Crippen LogP contribution in [-0.2, 0) is 27.8 Å². The van der Waals surface area contributed by atoms with E-state index in [-0.39, 0.29) is 17.4 Å². The summed E-state index contributed by atoms with van der Waals surface area (Å²) in [5, 5.41) is 0. The maximum absolute atomic E-state index is 13.8. The second-order valence-electron chi connectivity index (χ2n) is 10.1. The first kappa shape index (κ1) is 23.6. The standard InChI is InChI=1S/C28H31N3O4S/c32-28-26(25-9-5-4-6-22(25)19-29-12-14-35-15-13-29)10-11-27-23-16-21(18-31(27)28)17-30(20-23)36(33,34)24-7-2-1-3-8-24/h1-11,21,23H,12-20H2. The van der Waals surface area contributed by atoms with Crippen molar-refractivity contribution in [2.75, 3.05) is 39.4 Å². The quantitative estimate of drug-likeness (QED) is 0.533. The summed E-state index contributed by atoms with van der Waals surface area (Å²) in [7, 11) is -3.56. The molecule has 36 heavy (non-hydrogen) atoms. The molecule has 3 aliphatic rings. The average Bonchev–Trinajstić information content (AvgIpc) is 2.91. The van der Waals surface area contributed by atoms with Crippen molar-refractivity contribution >= 4 is 10.0 Å². The number of hydrogen-bond donors (Lipinski definition) is 0. The Hall–Kier alpha value is -2.78. The fourth-order valence-corrected chi connectivity index (χ4v) is 7.55. The van der Waals surface area contributed by atoms with E-state index in [9.17, 15) is 13.2 Å². The van der Waals surface area contributed by atoms with Gasteiger partial charge in [0, 0.05) is 56.4 Å². The molecule has 0 spiro atoms. The van der Waals surface area contributed by atoms with E-state index in [1.165, 1.54) is 0 Å². The van der Waals surface area contributed by atoms with Gasteiger partial charge in [0.25, 0.3) is 5.56 Å². The van der Waals surface area contributed by atoms with E-state index in [2.05, 4.69) is 11.0 Å². The second kappa shape index (κ2) is 9.59. The molecule has 3 aliphatic heterocycles. The lowest BCUT2D eigenvalue weighted by molar-refractivity contribution is 0.0342. The summed E-state index contributed by atoms with van der Waals surface area (Å²) in [6, 6.07) is 20.8. The Kier molecular flexibility index (Phi) is 6.29. The zero-order valence-electron chi connectivity index (χ0n) is 20.3. The fraction of sp³-hybridized carbons (Fsp3) is 0.393. The van der Waals surface area contributed by atoms with Crippen LogP contribution in [0, 0.1) is 5.92 Å². The lowest BCUT2D eigenvalue weighted by Crippen LogP contribution is -2.49. The van der Waals surface area contributed by atoms with E-state index in [0.717, 1.165) is 61.7 Å². The van der Waals surface area contributed by atoms with Crippen LogP contribution in [0.1, 0.15) is 23.6 Å². The van der Waals surface area contributed by atoms with Gasteiger partial charge in [-0.15, -0.1) is 0 Å². The molecule has 188 valence electrons. The van der Waals surface area contributed by atoms with Crippen molar-refractivity contribution in [3.8, 4) is 11.1 Å². The van der Waals surface area contributed by atoms with E-state index in [4.69, 9.17) is 4.74 Å². The van der Waals surface area contributed by atoms with E-state index in [1.807, 2.05) is 41.0 Å². The minimum absolute atomic E-state index is 0.0151. The van der Waals surface area contributed by atoms with Gasteiger partial charge in [-0.1, -0.05) is 42.5 Å². The van der Waals surface area contributed by atoms with Crippen molar-refractivity contribution in [1.29, 1.82) is 0 Å². The monoisotopic (exact) mass is 505 g/mol. The molecule has 2 unspecified atom stereocenters. The summed E-state index contributed by atoms with van der Waals surface area (Å²) in [5.74, 6) is 0.132. The van der Waals surface area contributed by atoms with Gasteiger partial charge < -0.3 is 9.30 Å². The smallest absolute Gasteiger partial charge is 0.258 e. The van der Waals surface area contributed by atoms with Gasteiger partial charge in [0.05, 0.1) is 18.1 Å². The zero-order chi connectivity index (χ0) is 24.7. The van der Waals surface area contributed by atoms with Crippen molar-refractivity contribution < 1.29 is 13.2 Å². The van der Waals surface area contributed by atoms with E-state index in [1.54, 1.807) is 28.6 Å². The second-order valence-corrected chi connectivity index (χ2v) is 12.0. The van der Waals surface area contributed by atoms with Crippen LogP contribution < -0.4 is 5.56 Å². The van der Waals surface area contributed by atoms with Gasteiger partial charge in [0.1, 0.15) is 0 Å². The zero-order valence-corrected chi connectivity index (χ0v) is 21.1. The number of rotatable bonds is 5. The molecule has 0 saturated carbocycles. The SMILES string of the molecule is O=c1c(-c2ccccc2CN2CCOCC2)ccc2n1CC1CC2CN(S(=O)(=O)c2ccccc2)C1. The first-order valence-corrected chi connectivity index (χ1v) is 14.1. The number of ether oxygens (including phenoxy) is 1. The molecule has 7 nitrogen and oxygen atoms in total. The molecular weight excluding hydrogens is 474 g/mol. The number of nitrogens with zero attached hydrogens (tertiary/aromatic N) is 3. The predicted molar refractivity (Wildman–Crippen MR) is 138 cm³/mol. The van der Waals surface area contributed by atoms with Crippen LogP contribution in [0.3, 0.4) is 0 Å². The van der Waals surface area contributed by atoms with Gasteiger partial charge in [0.15, 0.2) is 0 Å². The average molecular weight is 506 g/mol. The molecule has 4 heterocycles. The van der Waals surface area contributed by atoms with E-state index < -0.39 is 10.0 Å². The first-order valence-electron chi connectivity index (χ1n) is 12.7. The maximum Gasteiger partial charge on any atom is 0.258 e.